The van der Waals surface area contributed by atoms with E-state index in [1.807, 2.05) is 6.20 Å². The van der Waals surface area contributed by atoms with Gasteiger partial charge in [0.25, 0.3) is 0 Å². The minimum absolute atomic E-state index is 0.179. The van der Waals surface area contributed by atoms with Crippen molar-refractivity contribution in [1.29, 1.82) is 5.26 Å². The quantitative estimate of drug-likeness (QED) is 0.778. The van der Waals surface area contributed by atoms with E-state index in [1.54, 1.807) is 24.7 Å². The molecule has 1 aromatic heterocycles. The van der Waals surface area contributed by atoms with Gasteiger partial charge in [0.2, 0.25) is 0 Å². The average Bonchev–Trinajstić information content (AvgIpc) is 2.94. The minimum Gasteiger partial charge on any atom is -0.389 e. The number of fused-ring (bicyclic) bond motifs is 3. The molecule has 5 heterocycles. The Bertz CT molecular complexity index is 798. The van der Waals surface area contributed by atoms with Crippen LogP contribution in [0.4, 0.5) is 0 Å². The lowest BCUT2D eigenvalue weighted by Gasteiger charge is -2.51. The Labute approximate surface area is 148 Å². The standard InChI is InChI=1S/C19H23N5O/c1-19(2,25)5-3-4-13-10-24-18(14(8-20)9-21-24)7-17(13)23-11-15-6-16(12-23)22-15/h9-10,15-17,22,25H,5-7,11-12H2,1-2H3. The number of nitrogens with zero attached hydrogens (tertiary/aromatic N) is 4. The molecule has 0 saturated carbocycles. The van der Waals surface area contributed by atoms with Crippen molar-refractivity contribution in [3.8, 4) is 17.9 Å². The summed E-state index contributed by atoms with van der Waals surface area (Å²) >= 11 is 0. The van der Waals surface area contributed by atoms with Crippen LogP contribution in [0.1, 0.15) is 37.9 Å². The number of aliphatic hydroxyl groups is 1. The largest absolute Gasteiger partial charge is 0.389 e. The lowest BCUT2D eigenvalue weighted by atomic mass is 9.87. The molecule has 0 aliphatic carbocycles. The summed E-state index contributed by atoms with van der Waals surface area (Å²) in [6.07, 6.45) is 6.03. The van der Waals surface area contributed by atoms with Gasteiger partial charge in [0.05, 0.1) is 23.1 Å². The maximum atomic E-state index is 9.90. The second-order valence-corrected chi connectivity index (χ2v) is 7.91. The van der Waals surface area contributed by atoms with Crippen molar-refractivity contribution in [3.05, 3.63) is 23.0 Å². The highest BCUT2D eigenvalue weighted by Gasteiger charge is 2.40. The molecule has 2 bridgehead atoms. The number of piperidine rings is 1. The van der Waals surface area contributed by atoms with Crippen LogP contribution in [-0.4, -0.2) is 56.6 Å². The van der Waals surface area contributed by atoms with Crippen molar-refractivity contribution >= 4 is 6.20 Å². The zero-order valence-corrected chi connectivity index (χ0v) is 14.7. The van der Waals surface area contributed by atoms with Crippen molar-refractivity contribution in [1.82, 2.24) is 20.0 Å². The first-order valence-corrected chi connectivity index (χ1v) is 8.82. The van der Waals surface area contributed by atoms with Gasteiger partial charge >= 0.3 is 0 Å². The van der Waals surface area contributed by atoms with Crippen LogP contribution in [0.25, 0.3) is 6.20 Å². The highest BCUT2D eigenvalue weighted by atomic mass is 16.3. The van der Waals surface area contributed by atoms with Gasteiger partial charge < -0.3 is 10.4 Å². The molecule has 3 fully saturated rings. The first-order chi connectivity index (χ1) is 11.9. The smallest absolute Gasteiger partial charge is 0.103 e. The van der Waals surface area contributed by atoms with Crippen LogP contribution in [0, 0.1) is 23.2 Å². The van der Waals surface area contributed by atoms with Gasteiger partial charge in [-0.15, -0.1) is 0 Å². The molecule has 130 valence electrons. The summed E-state index contributed by atoms with van der Waals surface area (Å²) in [4.78, 5) is 2.48. The molecular weight excluding hydrogens is 314 g/mol. The van der Waals surface area contributed by atoms with Crippen molar-refractivity contribution in [2.24, 2.45) is 0 Å². The fourth-order valence-electron chi connectivity index (χ4n) is 3.91. The highest BCUT2D eigenvalue weighted by Crippen LogP contribution is 2.30. The van der Waals surface area contributed by atoms with Crippen LogP contribution in [0.3, 0.4) is 0 Å². The van der Waals surface area contributed by atoms with Gasteiger partial charge in [0.15, 0.2) is 0 Å². The Morgan fingerprint density at radius 1 is 1.40 bits per heavy atom. The Hall–Kier alpha value is -2.12. The second-order valence-electron chi connectivity index (χ2n) is 7.91. The molecule has 4 aliphatic heterocycles. The predicted octanol–water partition coefficient (Wildman–Crippen LogP) is 0.731. The number of hydrogen-bond acceptors (Lipinski definition) is 5. The summed E-state index contributed by atoms with van der Waals surface area (Å²) in [7, 11) is 0. The van der Waals surface area contributed by atoms with Gasteiger partial charge in [0.1, 0.15) is 6.07 Å². The number of hydrogen-bond donors (Lipinski definition) is 2. The van der Waals surface area contributed by atoms with Crippen LogP contribution in [0.2, 0.25) is 0 Å². The molecule has 3 atom stereocenters. The van der Waals surface area contributed by atoms with E-state index in [-0.39, 0.29) is 6.04 Å². The normalized spacial score (nSPS) is 28.1. The minimum atomic E-state index is -0.792. The molecule has 4 aliphatic rings. The van der Waals surface area contributed by atoms with E-state index in [2.05, 4.69) is 33.2 Å². The Balaban J connectivity index is 1.64. The van der Waals surface area contributed by atoms with Gasteiger partial charge in [-0.3, -0.25) is 4.90 Å². The number of rotatable bonds is 2. The first-order valence-electron chi connectivity index (χ1n) is 8.82. The zero-order valence-electron chi connectivity index (χ0n) is 14.7. The molecule has 6 nitrogen and oxygen atoms in total. The maximum Gasteiger partial charge on any atom is 0.103 e. The summed E-state index contributed by atoms with van der Waals surface area (Å²) in [5, 5.41) is 27.1. The SMILES string of the molecule is CC(C)(O)CC#CC1=Cn2ncc(C#N)c2CC1N1CC2CC(C1)N2. The molecule has 0 aromatic carbocycles. The van der Waals surface area contributed by atoms with Crippen molar-refractivity contribution in [3.63, 3.8) is 0 Å². The summed E-state index contributed by atoms with van der Waals surface area (Å²) in [5.41, 5.74) is 1.84. The number of aromatic nitrogens is 2. The lowest BCUT2D eigenvalue weighted by molar-refractivity contribution is 0.0562. The molecule has 0 amide bonds. The molecular formula is C19H23N5O. The maximum absolute atomic E-state index is 9.90. The fourth-order valence-corrected chi connectivity index (χ4v) is 3.91. The average molecular weight is 337 g/mol. The monoisotopic (exact) mass is 337 g/mol. The Morgan fingerprint density at radius 2 is 2.12 bits per heavy atom. The Morgan fingerprint density at radius 3 is 2.76 bits per heavy atom. The second kappa shape index (κ2) is 6.00. The molecule has 3 unspecified atom stereocenters. The van der Waals surface area contributed by atoms with Gasteiger partial charge in [-0.2, -0.15) is 10.4 Å². The van der Waals surface area contributed by atoms with Gasteiger partial charge in [-0.25, -0.2) is 4.68 Å². The summed E-state index contributed by atoms with van der Waals surface area (Å²) in [5.74, 6) is 6.39. The van der Waals surface area contributed by atoms with E-state index >= 15 is 0 Å². The molecule has 25 heavy (non-hydrogen) atoms. The van der Waals surface area contributed by atoms with Gasteiger partial charge in [0, 0.05) is 55.8 Å². The topological polar surface area (TPSA) is 77.1 Å². The zero-order chi connectivity index (χ0) is 17.6. The molecule has 2 N–H and O–H groups in total. The molecule has 1 aromatic rings. The number of nitriles is 1. The van der Waals surface area contributed by atoms with E-state index in [0.29, 0.717) is 24.1 Å². The third-order valence-electron chi connectivity index (χ3n) is 5.17. The summed E-state index contributed by atoms with van der Waals surface area (Å²) in [6.45, 7) is 5.56. The van der Waals surface area contributed by atoms with Crippen molar-refractivity contribution in [2.45, 2.75) is 56.8 Å². The van der Waals surface area contributed by atoms with Crippen LogP contribution in [0.15, 0.2) is 11.8 Å². The molecule has 6 heteroatoms. The summed E-state index contributed by atoms with van der Waals surface area (Å²) < 4.78 is 1.78. The van der Waals surface area contributed by atoms with Crippen LogP contribution >= 0.6 is 0 Å². The van der Waals surface area contributed by atoms with Crippen LogP contribution in [0.5, 0.6) is 0 Å². The molecule has 3 saturated heterocycles. The van der Waals surface area contributed by atoms with Crippen LogP contribution < -0.4 is 5.32 Å². The third kappa shape index (κ3) is 3.21. The highest BCUT2D eigenvalue weighted by molar-refractivity contribution is 5.53. The van der Waals surface area contributed by atoms with E-state index in [4.69, 9.17) is 0 Å². The third-order valence-corrected chi connectivity index (χ3v) is 5.17. The van der Waals surface area contributed by atoms with E-state index in [1.165, 1.54) is 6.42 Å². The first kappa shape index (κ1) is 16.4. The van der Waals surface area contributed by atoms with Gasteiger partial charge in [-0.05, 0) is 20.3 Å². The fraction of sp³-hybridized carbons (Fsp3) is 0.579. The van der Waals surface area contributed by atoms with E-state index in [0.717, 1.165) is 30.8 Å². The van der Waals surface area contributed by atoms with Crippen molar-refractivity contribution < 1.29 is 5.11 Å². The predicted molar refractivity (Wildman–Crippen MR) is 94.3 cm³/mol. The molecule has 5 rings (SSSR count). The van der Waals surface area contributed by atoms with Gasteiger partial charge in [-0.1, -0.05) is 11.8 Å². The number of piperazine rings is 1. The van der Waals surface area contributed by atoms with Crippen LogP contribution in [-0.2, 0) is 6.42 Å². The Kier molecular flexibility index (Phi) is 3.92. The van der Waals surface area contributed by atoms with Crippen molar-refractivity contribution in [2.75, 3.05) is 13.1 Å². The number of nitrogens with one attached hydrogen (secondary N) is 1. The lowest BCUT2D eigenvalue weighted by Crippen LogP contribution is -2.68. The summed E-state index contributed by atoms with van der Waals surface area (Å²) in [6, 6.07) is 3.57. The van der Waals surface area contributed by atoms with E-state index in [9.17, 15) is 10.4 Å². The molecule has 0 radical (unpaired) electrons. The molecule has 0 spiro atoms. The van der Waals surface area contributed by atoms with E-state index < -0.39 is 5.60 Å².